The zero-order valence-electron chi connectivity index (χ0n) is 11.4. The Kier molecular flexibility index (Phi) is 5.93. The van der Waals surface area contributed by atoms with E-state index in [1.807, 2.05) is 0 Å². The number of carboxylic acid groups (broad SMARTS) is 1. The Balaban J connectivity index is 3.22. The van der Waals surface area contributed by atoms with Crippen molar-refractivity contribution in [3.05, 3.63) is 24.3 Å². The Hall–Kier alpha value is -1.64. The van der Waals surface area contributed by atoms with Crippen molar-refractivity contribution in [1.82, 2.24) is 4.72 Å². The predicted octanol–water partition coefficient (Wildman–Crippen LogP) is 0.132. The van der Waals surface area contributed by atoms with Crippen molar-refractivity contribution in [2.45, 2.75) is 4.90 Å². The minimum absolute atomic E-state index is 0.0415. The van der Waals surface area contributed by atoms with E-state index in [0.717, 1.165) is 0 Å². The molecular formula is C12H18N2O5S. The summed E-state index contributed by atoms with van der Waals surface area (Å²) in [4.78, 5) is 12.4. The summed E-state index contributed by atoms with van der Waals surface area (Å²) in [5.41, 5.74) is 0.335. The molecule has 112 valence electrons. The molecular weight excluding hydrogens is 284 g/mol. The van der Waals surface area contributed by atoms with Gasteiger partial charge in [-0.2, -0.15) is 0 Å². The maximum Gasteiger partial charge on any atom is 0.323 e. The molecule has 0 heterocycles. The van der Waals surface area contributed by atoms with Crippen molar-refractivity contribution in [2.75, 3.05) is 38.8 Å². The number of benzene rings is 1. The summed E-state index contributed by atoms with van der Waals surface area (Å²) in [5.74, 6) is -1.04. The molecule has 20 heavy (non-hydrogen) atoms. The van der Waals surface area contributed by atoms with Crippen molar-refractivity contribution in [3.63, 3.8) is 0 Å². The molecule has 0 aliphatic rings. The zero-order chi connectivity index (χ0) is 15.2. The van der Waals surface area contributed by atoms with Crippen LogP contribution in [0.15, 0.2) is 29.2 Å². The highest BCUT2D eigenvalue weighted by atomic mass is 32.2. The minimum Gasteiger partial charge on any atom is -0.480 e. The van der Waals surface area contributed by atoms with Crippen LogP contribution in [0.4, 0.5) is 5.69 Å². The smallest absolute Gasteiger partial charge is 0.323 e. The molecule has 0 aliphatic carbocycles. The topological polar surface area (TPSA) is 95.9 Å². The summed E-state index contributed by atoms with van der Waals surface area (Å²) in [6, 6.07) is 6.25. The molecule has 0 bridgehead atoms. The number of para-hydroxylation sites is 1. The van der Waals surface area contributed by atoms with Crippen molar-refractivity contribution in [1.29, 1.82) is 0 Å². The molecule has 0 radical (unpaired) electrons. The van der Waals surface area contributed by atoms with E-state index in [4.69, 9.17) is 9.84 Å². The predicted molar refractivity (Wildman–Crippen MR) is 74.4 cm³/mol. The summed E-state index contributed by atoms with van der Waals surface area (Å²) >= 11 is 0. The monoisotopic (exact) mass is 302 g/mol. The van der Waals surface area contributed by atoms with Gasteiger partial charge in [0.2, 0.25) is 10.0 Å². The van der Waals surface area contributed by atoms with Crippen LogP contribution in [-0.4, -0.2) is 53.3 Å². The van der Waals surface area contributed by atoms with Crippen molar-refractivity contribution < 1.29 is 23.1 Å². The SMILES string of the molecule is CNS(=O)(=O)c1ccccc1N(CCOC)CC(=O)O. The molecule has 0 aliphatic heterocycles. The first kappa shape index (κ1) is 16.4. The minimum atomic E-state index is -3.66. The van der Waals surface area contributed by atoms with E-state index in [1.165, 1.54) is 25.1 Å². The standard InChI is InChI=1S/C12H18N2O5S/c1-13-20(17,18)11-6-4-3-5-10(11)14(7-8-19-2)9-12(15)16/h3-6,13H,7-9H2,1-2H3,(H,15,16). The quantitative estimate of drug-likeness (QED) is 0.709. The number of rotatable bonds is 8. The largest absolute Gasteiger partial charge is 0.480 e. The molecule has 0 unspecified atom stereocenters. The second kappa shape index (κ2) is 7.22. The van der Waals surface area contributed by atoms with Crippen LogP contribution in [0.1, 0.15) is 0 Å². The molecule has 0 saturated heterocycles. The molecule has 2 N–H and O–H groups in total. The highest BCUT2D eigenvalue weighted by molar-refractivity contribution is 7.89. The van der Waals surface area contributed by atoms with E-state index in [-0.39, 0.29) is 18.0 Å². The van der Waals surface area contributed by atoms with Crippen LogP contribution in [0.5, 0.6) is 0 Å². The maximum absolute atomic E-state index is 12.0. The Morgan fingerprint density at radius 1 is 1.40 bits per heavy atom. The Bertz CT molecular complexity index is 559. The summed E-state index contributed by atoms with van der Waals surface area (Å²) < 4.78 is 31.1. The van der Waals surface area contributed by atoms with Crippen LogP contribution in [0.3, 0.4) is 0 Å². The molecule has 0 fully saturated rings. The van der Waals surface area contributed by atoms with Crippen molar-refractivity contribution >= 4 is 21.7 Å². The van der Waals surface area contributed by atoms with E-state index in [9.17, 15) is 13.2 Å². The number of hydrogen-bond donors (Lipinski definition) is 2. The third-order valence-electron chi connectivity index (χ3n) is 2.66. The van der Waals surface area contributed by atoms with Crippen molar-refractivity contribution in [2.24, 2.45) is 0 Å². The number of aliphatic carboxylic acids is 1. The number of carbonyl (C=O) groups is 1. The Morgan fingerprint density at radius 2 is 2.05 bits per heavy atom. The van der Waals surface area contributed by atoms with Gasteiger partial charge in [-0.25, -0.2) is 13.1 Å². The molecule has 1 aromatic rings. The van der Waals surface area contributed by atoms with E-state index >= 15 is 0 Å². The van der Waals surface area contributed by atoms with Gasteiger partial charge >= 0.3 is 5.97 Å². The molecule has 0 aromatic heterocycles. The number of nitrogens with one attached hydrogen (secondary N) is 1. The number of methoxy groups -OCH3 is 1. The van der Waals surface area contributed by atoms with Crippen LogP contribution in [-0.2, 0) is 19.6 Å². The van der Waals surface area contributed by atoms with Crippen LogP contribution in [0.25, 0.3) is 0 Å². The Labute approximate surface area is 118 Å². The van der Waals surface area contributed by atoms with Gasteiger partial charge in [-0.1, -0.05) is 12.1 Å². The Morgan fingerprint density at radius 3 is 2.60 bits per heavy atom. The molecule has 1 aromatic carbocycles. The van der Waals surface area contributed by atoms with Crippen molar-refractivity contribution in [3.8, 4) is 0 Å². The van der Waals surface area contributed by atoms with Gasteiger partial charge in [0.25, 0.3) is 0 Å². The van der Waals surface area contributed by atoms with Crippen LogP contribution >= 0.6 is 0 Å². The summed E-state index contributed by atoms with van der Waals surface area (Å²) in [7, 11) is -0.857. The molecule has 7 nitrogen and oxygen atoms in total. The van der Waals surface area contributed by atoms with Crippen LogP contribution in [0, 0.1) is 0 Å². The summed E-state index contributed by atoms with van der Waals surface area (Å²) in [5, 5.41) is 8.95. The number of carboxylic acids is 1. The number of hydrogen-bond acceptors (Lipinski definition) is 5. The van der Waals surface area contributed by atoms with E-state index < -0.39 is 16.0 Å². The van der Waals surface area contributed by atoms with Gasteiger partial charge in [0.15, 0.2) is 0 Å². The van der Waals surface area contributed by atoms with E-state index in [0.29, 0.717) is 12.3 Å². The van der Waals surface area contributed by atoms with Gasteiger partial charge in [0.1, 0.15) is 11.4 Å². The molecule has 0 spiro atoms. The molecule has 0 amide bonds. The van der Waals surface area contributed by atoms with E-state index in [2.05, 4.69) is 4.72 Å². The fraction of sp³-hybridized carbons (Fsp3) is 0.417. The number of ether oxygens (including phenoxy) is 1. The first-order valence-corrected chi connectivity index (χ1v) is 7.39. The second-order valence-electron chi connectivity index (χ2n) is 3.98. The third kappa shape index (κ3) is 4.19. The average Bonchev–Trinajstić information content (AvgIpc) is 2.43. The molecule has 8 heteroatoms. The van der Waals surface area contributed by atoms with E-state index in [1.54, 1.807) is 18.2 Å². The van der Waals surface area contributed by atoms with Gasteiger partial charge in [-0.05, 0) is 19.2 Å². The highest BCUT2D eigenvalue weighted by Crippen LogP contribution is 2.24. The number of anilines is 1. The number of nitrogens with zero attached hydrogens (tertiary/aromatic N) is 1. The fourth-order valence-electron chi connectivity index (χ4n) is 1.71. The van der Waals surface area contributed by atoms with Crippen LogP contribution in [0.2, 0.25) is 0 Å². The summed E-state index contributed by atoms with van der Waals surface area (Å²) in [6.45, 7) is 0.264. The summed E-state index contributed by atoms with van der Waals surface area (Å²) in [6.07, 6.45) is 0. The maximum atomic E-state index is 12.0. The first-order valence-electron chi connectivity index (χ1n) is 5.90. The van der Waals surface area contributed by atoms with Gasteiger partial charge < -0.3 is 14.7 Å². The van der Waals surface area contributed by atoms with Gasteiger partial charge in [-0.3, -0.25) is 4.79 Å². The lowest BCUT2D eigenvalue weighted by atomic mass is 10.3. The average molecular weight is 302 g/mol. The van der Waals surface area contributed by atoms with Gasteiger partial charge in [0, 0.05) is 13.7 Å². The van der Waals surface area contributed by atoms with Gasteiger partial charge in [0.05, 0.1) is 12.3 Å². The lowest BCUT2D eigenvalue weighted by Gasteiger charge is -2.24. The first-order chi connectivity index (χ1) is 9.42. The molecule has 1 rings (SSSR count). The molecule has 0 saturated carbocycles. The third-order valence-corrected chi connectivity index (χ3v) is 4.12. The normalized spacial score (nSPS) is 11.3. The second-order valence-corrected chi connectivity index (χ2v) is 5.84. The van der Waals surface area contributed by atoms with Crippen LogP contribution < -0.4 is 9.62 Å². The van der Waals surface area contributed by atoms with Gasteiger partial charge in [-0.15, -0.1) is 0 Å². The zero-order valence-corrected chi connectivity index (χ0v) is 12.2. The number of sulfonamides is 1. The fourth-order valence-corrected chi connectivity index (χ4v) is 2.66. The lowest BCUT2D eigenvalue weighted by Crippen LogP contribution is -2.34. The highest BCUT2D eigenvalue weighted by Gasteiger charge is 2.21. The molecule has 0 atom stereocenters. The lowest BCUT2D eigenvalue weighted by molar-refractivity contribution is -0.135.